The summed E-state index contributed by atoms with van der Waals surface area (Å²) in [6, 6.07) is 4.33. The summed E-state index contributed by atoms with van der Waals surface area (Å²) in [5.41, 5.74) is -0.354. The molecule has 0 bridgehead atoms. The predicted molar refractivity (Wildman–Crippen MR) is 82.2 cm³/mol. The van der Waals surface area contributed by atoms with Gasteiger partial charge in [0.25, 0.3) is 0 Å². The van der Waals surface area contributed by atoms with Gasteiger partial charge in [0.1, 0.15) is 0 Å². The summed E-state index contributed by atoms with van der Waals surface area (Å²) < 4.78 is 0. The van der Waals surface area contributed by atoms with Crippen LogP contribution in [0.25, 0.3) is 0 Å². The molecule has 0 aromatic heterocycles. The van der Waals surface area contributed by atoms with E-state index >= 15 is 0 Å². The van der Waals surface area contributed by atoms with Crippen LogP contribution in [0.4, 0.5) is 5.69 Å². The molecule has 0 heterocycles. The Morgan fingerprint density at radius 2 is 1.90 bits per heavy atom. The minimum atomic E-state index is -1.14. The largest absolute Gasteiger partial charge is 0.478 e. The molecule has 1 aromatic rings. The fourth-order valence-corrected chi connectivity index (χ4v) is 1.62. The molecular formula is C13H15ClN2O3S. The number of aromatic carboxylic acids is 1. The molecule has 0 radical (unpaired) electrons. The first kappa shape index (κ1) is 16.4. The molecule has 0 saturated heterocycles. The molecule has 0 spiro atoms. The highest BCUT2D eigenvalue weighted by Crippen LogP contribution is 2.21. The molecule has 0 fully saturated rings. The number of rotatable bonds is 2. The lowest BCUT2D eigenvalue weighted by Gasteiger charge is -2.19. The number of carboxylic acid groups (broad SMARTS) is 1. The van der Waals surface area contributed by atoms with Gasteiger partial charge in [-0.2, -0.15) is 0 Å². The highest BCUT2D eigenvalue weighted by Gasteiger charge is 2.22. The molecule has 0 aliphatic carbocycles. The van der Waals surface area contributed by atoms with E-state index in [0.717, 1.165) is 0 Å². The van der Waals surface area contributed by atoms with Gasteiger partial charge < -0.3 is 15.7 Å². The van der Waals surface area contributed by atoms with Crippen molar-refractivity contribution in [2.45, 2.75) is 20.8 Å². The van der Waals surface area contributed by atoms with Gasteiger partial charge in [-0.05, 0) is 30.4 Å². The minimum Gasteiger partial charge on any atom is -0.478 e. The maximum atomic E-state index is 11.8. The summed E-state index contributed by atoms with van der Waals surface area (Å²) in [6.45, 7) is 5.24. The van der Waals surface area contributed by atoms with E-state index in [2.05, 4.69) is 10.6 Å². The predicted octanol–water partition coefficient (Wildman–Crippen LogP) is 2.90. The molecule has 1 rings (SSSR count). The number of thiocarbonyl (C=S) groups is 1. The molecule has 3 N–H and O–H groups in total. The van der Waals surface area contributed by atoms with E-state index < -0.39 is 11.4 Å². The Balaban J connectivity index is 2.87. The molecular weight excluding hydrogens is 300 g/mol. The van der Waals surface area contributed by atoms with Crippen LogP contribution in [0, 0.1) is 5.41 Å². The summed E-state index contributed by atoms with van der Waals surface area (Å²) in [6.07, 6.45) is 0. The number of hydrogen-bond donors (Lipinski definition) is 3. The zero-order chi connectivity index (χ0) is 15.5. The molecule has 0 aliphatic heterocycles. The second-order valence-corrected chi connectivity index (χ2v) is 6.00. The first-order valence-electron chi connectivity index (χ1n) is 5.76. The average Bonchev–Trinajstić information content (AvgIpc) is 2.29. The summed E-state index contributed by atoms with van der Waals surface area (Å²) in [4.78, 5) is 22.9. The van der Waals surface area contributed by atoms with Crippen LogP contribution in [0.15, 0.2) is 18.2 Å². The van der Waals surface area contributed by atoms with Gasteiger partial charge in [0.15, 0.2) is 5.11 Å². The third kappa shape index (κ3) is 4.47. The Kier molecular flexibility index (Phi) is 5.08. The van der Waals surface area contributed by atoms with Gasteiger partial charge >= 0.3 is 5.97 Å². The topological polar surface area (TPSA) is 78.4 Å². The van der Waals surface area contributed by atoms with Crippen molar-refractivity contribution in [3.05, 3.63) is 28.8 Å². The number of halogens is 1. The third-order valence-electron chi connectivity index (χ3n) is 2.37. The number of anilines is 1. The fourth-order valence-electron chi connectivity index (χ4n) is 1.25. The lowest BCUT2D eigenvalue weighted by Crippen LogP contribution is -2.41. The van der Waals surface area contributed by atoms with E-state index in [0.29, 0.717) is 5.02 Å². The van der Waals surface area contributed by atoms with Crippen LogP contribution in [0.1, 0.15) is 31.1 Å². The van der Waals surface area contributed by atoms with Crippen molar-refractivity contribution >= 4 is 46.5 Å². The number of carbonyl (C=O) groups is 2. The summed E-state index contributed by atoms with van der Waals surface area (Å²) >= 11 is 10.7. The van der Waals surface area contributed by atoms with E-state index in [9.17, 15) is 9.59 Å². The van der Waals surface area contributed by atoms with Crippen LogP contribution < -0.4 is 10.6 Å². The molecule has 1 amide bonds. The number of benzene rings is 1. The van der Waals surface area contributed by atoms with Gasteiger partial charge in [-0.1, -0.05) is 32.4 Å². The van der Waals surface area contributed by atoms with Crippen LogP contribution in [-0.2, 0) is 4.79 Å². The molecule has 7 heteroatoms. The van der Waals surface area contributed by atoms with Gasteiger partial charge in [0.05, 0.1) is 11.3 Å². The van der Waals surface area contributed by atoms with E-state index in [1.807, 2.05) is 0 Å². The monoisotopic (exact) mass is 314 g/mol. The van der Waals surface area contributed by atoms with Gasteiger partial charge in [0.2, 0.25) is 5.91 Å². The number of amides is 1. The van der Waals surface area contributed by atoms with Crippen molar-refractivity contribution in [3.63, 3.8) is 0 Å². The quantitative estimate of drug-likeness (QED) is 0.732. The Bertz CT molecular complexity index is 567. The fraction of sp³-hybridized carbons (Fsp3) is 0.308. The highest BCUT2D eigenvalue weighted by molar-refractivity contribution is 7.80. The van der Waals surface area contributed by atoms with Crippen molar-refractivity contribution < 1.29 is 14.7 Å². The Hall–Kier alpha value is -1.66. The zero-order valence-electron chi connectivity index (χ0n) is 11.3. The Labute approximate surface area is 127 Å². The maximum absolute atomic E-state index is 11.8. The molecule has 0 aliphatic rings. The van der Waals surface area contributed by atoms with Gasteiger partial charge in [-0.3, -0.25) is 4.79 Å². The smallest absolute Gasteiger partial charge is 0.337 e. The average molecular weight is 315 g/mol. The van der Waals surface area contributed by atoms with Crippen molar-refractivity contribution in [1.29, 1.82) is 0 Å². The highest BCUT2D eigenvalue weighted by atomic mass is 35.5. The summed E-state index contributed by atoms with van der Waals surface area (Å²) in [5.74, 6) is -1.40. The van der Waals surface area contributed by atoms with Crippen LogP contribution in [-0.4, -0.2) is 22.1 Å². The molecule has 0 atom stereocenters. The molecule has 0 saturated carbocycles. The van der Waals surface area contributed by atoms with Crippen molar-refractivity contribution in [2.75, 3.05) is 5.32 Å². The van der Waals surface area contributed by atoms with Crippen molar-refractivity contribution in [1.82, 2.24) is 5.32 Å². The molecule has 20 heavy (non-hydrogen) atoms. The van der Waals surface area contributed by atoms with E-state index in [1.165, 1.54) is 18.2 Å². The summed E-state index contributed by atoms with van der Waals surface area (Å²) in [7, 11) is 0. The molecule has 108 valence electrons. The van der Waals surface area contributed by atoms with Gasteiger partial charge in [-0.15, -0.1) is 0 Å². The standard InChI is InChI=1S/C13H15ClN2O3S/c1-13(2,3)11(19)16-12(20)15-9-5-4-7(14)6-8(9)10(17)18/h4-6H,1-3H3,(H,17,18)(H2,15,16,19,20). The number of nitrogens with one attached hydrogen (secondary N) is 2. The Morgan fingerprint density at radius 1 is 1.30 bits per heavy atom. The first-order chi connectivity index (χ1) is 9.11. The first-order valence-corrected chi connectivity index (χ1v) is 6.55. The molecule has 0 unspecified atom stereocenters. The minimum absolute atomic E-state index is 0.0233. The third-order valence-corrected chi connectivity index (χ3v) is 2.81. The van der Waals surface area contributed by atoms with Crippen molar-refractivity contribution in [2.24, 2.45) is 5.41 Å². The zero-order valence-corrected chi connectivity index (χ0v) is 12.9. The SMILES string of the molecule is CC(C)(C)C(=O)NC(=S)Nc1ccc(Cl)cc1C(=O)O. The van der Waals surface area contributed by atoms with Gasteiger partial charge in [-0.25, -0.2) is 4.79 Å². The molecule has 1 aromatic carbocycles. The van der Waals surface area contributed by atoms with Gasteiger partial charge in [0, 0.05) is 10.4 Å². The lowest BCUT2D eigenvalue weighted by atomic mass is 9.96. The number of carbonyl (C=O) groups excluding carboxylic acids is 1. The van der Waals surface area contributed by atoms with Crippen molar-refractivity contribution in [3.8, 4) is 0 Å². The van der Waals surface area contributed by atoms with E-state index in [4.69, 9.17) is 28.9 Å². The van der Waals surface area contributed by atoms with Crippen LogP contribution in [0.2, 0.25) is 5.02 Å². The maximum Gasteiger partial charge on any atom is 0.337 e. The van der Waals surface area contributed by atoms with E-state index in [-0.39, 0.29) is 22.3 Å². The van der Waals surface area contributed by atoms with E-state index in [1.54, 1.807) is 20.8 Å². The lowest BCUT2D eigenvalue weighted by molar-refractivity contribution is -0.126. The number of hydrogen-bond acceptors (Lipinski definition) is 3. The van der Waals surface area contributed by atoms with Crippen LogP contribution in [0.3, 0.4) is 0 Å². The Morgan fingerprint density at radius 3 is 2.40 bits per heavy atom. The van der Waals surface area contributed by atoms with Crippen LogP contribution >= 0.6 is 23.8 Å². The molecule has 5 nitrogen and oxygen atoms in total. The second kappa shape index (κ2) is 6.19. The van der Waals surface area contributed by atoms with Crippen LogP contribution in [0.5, 0.6) is 0 Å². The second-order valence-electron chi connectivity index (χ2n) is 5.15. The normalized spacial score (nSPS) is 10.8. The number of carboxylic acids is 1. The summed E-state index contributed by atoms with van der Waals surface area (Å²) in [5, 5.41) is 14.6.